The summed E-state index contributed by atoms with van der Waals surface area (Å²) in [7, 11) is 0. The fraction of sp³-hybridized carbons (Fsp3) is 0.500. The number of nitrogens with two attached hydrogens (primary N) is 1. The molecule has 0 aliphatic heterocycles. The molecule has 188 valence electrons. The Kier molecular flexibility index (Phi) is 11.1. The third-order valence-corrected chi connectivity index (χ3v) is 4.42. The highest BCUT2D eigenvalue weighted by molar-refractivity contribution is 5.94. The molecule has 34 heavy (non-hydrogen) atoms. The number of hydrogen-bond acceptors (Lipinski definition) is 9. The molecule has 1 heterocycles. The second kappa shape index (κ2) is 13.5. The summed E-state index contributed by atoms with van der Waals surface area (Å²) in [6.45, 7) is -1.00. The molecule has 0 bridgehead atoms. The zero-order chi connectivity index (χ0) is 25.8. The maximum atomic E-state index is 12.6. The summed E-state index contributed by atoms with van der Waals surface area (Å²) in [5.74, 6) is -7.51. The molecule has 3 amide bonds. The van der Waals surface area contributed by atoms with Gasteiger partial charge in [-0.3, -0.25) is 24.0 Å². The van der Waals surface area contributed by atoms with Crippen LogP contribution in [-0.2, 0) is 35.2 Å². The number of carbonyl (C=O) groups excluding carboxylic acids is 3. The van der Waals surface area contributed by atoms with Crippen LogP contribution in [0.3, 0.4) is 0 Å². The fourth-order valence-electron chi connectivity index (χ4n) is 2.65. The van der Waals surface area contributed by atoms with Crippen molar-refractivity contribution in [3.05, 3.63) is 18.2 Å². The van der Waals surface area contributed by atoms with E-state index in [9.17, 15) is 33.9 Å². The number of nitrogens with zero attached hydrogens (tertiary/aromatic N) is 1. The topological polar surface area (TPSA) is 274 Å². The predicted octanol–water partition coefficient (Wildman–Crippen LogP) is -3.85. The Morgan fingerprint density at radius 2 is 1.50 bits per heavy atom. The van der Waals surface area contributed by atoms with Gasteiger partial charge in [-0.15, -0.1) is 0 Å². The second-order valence-electron chi connectivity index (χ2n) is 7.12. The van der Waals surface area contributed by atoms with Gasteiger partial charge in [-0.25, -0.2) is 9.78 Å². The molecule has 4 atom stereocenters. The van der Waals surface area contributed by atoms with Crippen molar-refractivity contribution < 1.29 is 49.2 Å². The van der Waals surface area contributed by atoms with Gasteiger partial charge in [0.05, 0.1) is 25.4 Å². The van der Waals surface area contributed by atoms with E-state index in [0.29, 0.717) is 5.69 Å². The van der Waals surface area contributed by atoms with Crippen LogP contribution in [0.1, 0.15) is 25.0 Å². The van der Waals surface area contributed by atoms with Gasteiger partial charge in [-0.05, 0) is 6.42 Å². The lowest BCUT2D eigenvalue weighted by atomic mass is 10.1. The average Bonchev–Trinajstić information content (AvgIpc) is 3.26. The van der Waals surface area contributed by atoms with Crippen molar-refractivity contribution in [3.63, 3.8) is 0 Å². The molecule has 0 radical (unpaired) electrons. The molecule has 1 aromatic heterocycles. The van der Waals surface area contributed by atoms with Crippen molar-refractivity contribution >= 4 is 35.6 Å². The molecule has 1 aromatic rings. The highest BCUT2D eigenvalue weighted by atomic mass is 16.4. The number of aromatic nitrogens is 2. The standard InChI is InChI=1S/C18H26N6O10/c19-9(3-8-5-20-7-21-8)15(30)22-10(1-2-13(26)27)16(31)24-12(6-25)17(32)23-11(18(33)34)4-14(28)29/h5,7,9-12,25H,1-4,6,19H2,(H,20,21)(H,22,30)(H,23,32)(H,24,31)(H,26,27)(H,28,29)(H,33,34). The van der Waals surface area contributed by atoms with Crippen LogP contribution in [0, 0.1) is 0 Å². The van der Waals surface area contributed by atoms with Crippen molar-refractivity contribution in [1.29, 1.82) is 0 Å². The van der Waals surface area contributed by atoms with E-state index in [1.165, 1.54) is 12.5 Å². The summed E-state index contributed by atoms with van der Waals surface area (Å²) in [5.41, 5.74) is 6.32. The van der Waals surface area contributed by atoms with Crippen LogP contribution in [-0.4, -0.2) is 96.8 Å². The molecule has 16 heteroatoms. The highest BCUT2D eigenvalue weighted by Gasteiger charge is 2.31. The number of H-pyrrole nitrogens is 1. The lowest BCUT2D eigenvalue weighted by Crippen LogP contribution is -2.58. The van der Waals surface area contributed by atoms with Gasteiger partial charge in [0.1, 0.15) is 18.1 Å². The Morgan fingerprint density at radius 3 is 2.00 bits per heavy atom. The molecule has 0 saturated heterocycles. The van der Waals surface area contributed by atoms with Crippen LogP contribution < -0.4 is 21.7 Å². The number of hydrogen-bond donors (Lipinski definition) is 9. The van der Waals surface area contributed by atoms with E-state index in [2.05, 4.69) is 20.6 Å². The van der Waals surface area contributed by atoms with Crippen molar-refractivity contribution in [3.8, 4) is 0 Å². The van der Waals surface area contributed by atoms with Crippen LogP contribution in [0.4, 0.5) is 0 Å². The summed E-state index contributed by atoms with van der Waals surface area (Å²) in [6, 6.07) is -6.15. The van der Waals surface area contributed by atoms with Crippen LogP contribution in [0.25, 0.3) is 0 Å². The molecule has 0 saturated carbocycles. The van der Waals surface area contributed by atoms with Gasteiger partial charge in [-0.2, -0.15) is 0 Å². The number of aliphatic carboxylic acids is 3. The van der Waals surface area contributed by atoms with Gasteiger partial charge >= 0.3 is 17.9 Å². The minimum atomic E-state index is -1.83. The lowest BCUT2D eigenvalue weighted by Gasteiger charge is -2.23. The Morgan fingerprint density at radius 1 is 0.912 bits per heavy atom. The zero-order valence-electron chi connectivity index (χ0n) is 17.8. The first kappa shape index (κ1) is 28.0. The monoisotopic (exact) mass is 486 g/mol. The number of aliphatic hydroxyl groups is 1. The zero-order valence-corrected chi connectivity index (χ0v) is 17.8. The predicted molar refractivity (Wildman–Crippen MR) is 110 cm³/mol. The van der Waals surface area contributed by atoms with Crippen molar-refractivity contribution in [2.45, 2.75) is 49.9 Å². The van der Waals surface area contributed by atoms with E-state index in [1.807, 2.05) is 5.32 Å². The molecule has 0 aromatic carbocycles. The Hall–Kier alpha value is -4.05. The molecule has 4 unspecified atom stereocenters. The first-order chi connectivity index (χ1) is 15.9. The number of carboxylic acids is 3. The van der Waals surface area contributed by atoms with E-state index in [4.69, 9.17) is 21.1 Å². The van der Waals surface area contributed by atoms with Crippen LogP contribution in [0.15, 0.2) is 12.5 Å². The maximum Gasteiger partial charge on any atom is 0.326 e. The maximum absolute atomic E-state index is 12.6. The van der Waals surface area contributed by atoms with Crippen LogP contribution >= 0.6 is 0 Å². The highest BCUT2D eigenvalue weighted by Crippen LogP contribution is 2.03. The third-order valence-electron chi connectivity index (χ3n) is 4.42. The summed E-state index contributed by atoms with van der Waals surface area (Å²) in [5, 5.41) is 42.3. The Balaban J connectivity index is 2.86. The van der Waals surface area contributed by atoms with Gasteiger partial charge < -0.3 is 47.1 Å². The minimum Gasteiger partial charge on any atom is -0.481 e. The van der Waals surface area contributed by atoms with E-state index in [-0.39, 0.29) is 12.8 Å². The first-order valence-electron chi connectivity index (χ1n) is 9.85. The number of aromatic amines is 1. The first-order valence-corrected chi connectivity index (χ1v) is 9.85. The molecular weight excluding hydrogens is 460 g/mol. The summed E-state index contributed by atoms with van der Waals surface area (Å²) in [6.07, 6.45) is 0.944. The summed E-state index contributed by atoms with van der Waals surface area (Å²) < 4.78 is 0. The molecule has 0 aliphatic rings. The number of nitrogens with one attached hydrogen (secondary N) is 4. The molecular formula is C18H26N6O10. The molecule has 16 nitrogen and oxygen atoms in total. The number of rotatable bonds is 15. The Labute approximate surface area is 191 Å². The van der Waals surface area contributed by atoms with Gasteiger partial charge in [0.25, 0.3) is 0 Å². The van der Waals surface area contributed by atoms with Crippen LogP contribution in [0.2, 0.25) is 0 Å². The number of carbonyl (C=O) groups is 6. The smallest absolute Gasteiger partial charge is 0.326 e. The largest absolute Gasteiger partial charge is 0.481 e. The fourth-order valence-corrected chi connectivity index (χ4v) is 2.65. The van der Waals surface area contributed by atoms with Crippen molar-refractivity contribution in [1.82, 2.24) is 25.9 Å². The number of imidazole rings is 1. The number of aliphatic hydroxyl groups excluding tert-OH is 1. The SMILES string of the molecule is NC(Cc1cnc[nH]1)C(=O)NC(CCC(=O)O)C(=O)NC(CO)C(=O)NC(CC(=O)O)C(=O)O. The minimum absolute atomic E-state index is 0.0287. The molecule has 0 spiro atoms. The molecule has 1 rings (SSSR count). The van der Waals surface area contributed by atoms with E-state index in [0.717, 1.165) is 0 Å². The van der Waals surface area contributed by atoms with E-state index < -0.39 is 79.2 Å². The quantitative estimate of drug-likeness (QED) is 0.115. The van der Waals surface area contributed by atoms with Gasteiger partial charge in [-0.1, -0.05) is 0 Å². The summed E-state index contributed by atoms with van der Waals surface area (Å²) >= 11 is 0. The van der Waals surface area contributed by atoms with Gasteiger partial charge in [0.2, 0.25) is 17.7 Å². The number of carboxylic acid groups (broad SMARTS) is 3. The third kappa shape index (κ3) is 9.61. The Bertz CT molecular complexity index is 890. The molecule has 0 fully saturated rings. The lowest BCUT2D eigenvalue weighted by molar-refractivity contribution is -0.147. The van der Waals surface area contributed by atoms with Crippen LogP contribution in [0.5, 0.6) is 0 Å². The molecule has 0 aliphatic carbocycles. The van der Waals surface area contributed by atoms with E-state index >= 15 is 0 Å². The number of amides is 3. The van der Waals surface area contributed by atoms with Crippen molar-refractivity contribution in [2.75, 3.05) is 6.61 Å². The second-order valence-corrected chi connectivity index (χ2v) is 7.12. The normalized spacial score (nSPS) is 14.2. The molecule has 10 N–H and O–H groups in total. The van der Waals surface area contributed by atoms with E-state index in [1.54, 1.807) is 0 Å². The van der Waals surface area contributed by atoms with Crippen molar-refractivity contribution in [2.24, 2.45) is 5.73 Å². The van der Waals surface area contributed by atoms with Gasteiger partial charge in [0.15, 0.2) is 0 Å². The van der Waals surface area contributed by atoms with Gasteiger partial charge in [0, 0.05) is 24.7 Å². The average molecular weight is 486 g/mol. The summed E-state index contributed by atoms with van der Waals surface area (Å²) in [4.78, 5) is 76.6.